The number of halogens is 1. The first-order valence-electron chi connectivity index (χ1n) is 10.6. The van der Waals surface area contributed by atoms with E-state index in [4.69, 9.17) is 25.8 Å². The van der Waals surface area contributed by atoms with Gasteiger partial charge >= 0.3 is 47.6 Å². The number of nitrogens with one attached hydrogen (secondary N) is 1. The average Bonchev–Trinajstić information content (AvgIpc) is 2.73. The Kier molecular flexibility index (Phi) is 13.9. The molecule has 1 fully saturated rings. The molecule has 1 unspecified atom stereocenters. The van der Waals surface area contributed by atoms with E-state index in [0.29, 0.717) is 30.0 Å². The van der Waals surface area contributed by atoms with Crippen LogP contribution < -0.4 is 39.6 Å². The van der Waals surface area contributed by atoms with Crippen LogP contribution in [-0.4, -0.2) is 30.9 Å². The van der Waals surface area contributed by atoms with Crippen molar-refractivity contribution in [3.63, 3.8) is 0 Å². The van der Waals surface area contributed by atoms with Gasteiger partial charge in [0.15, 0.2) is 0 Å². The SMILES string of the molecule is CCCC(=O)OC(OC(=O)NCCCC(=O)Oc1ccc(Cl)cc1)C1CCCCC1.[H-].[Na+]. The zero-order valence-electron chi connectivity index (χ0n) is 19.4. The second-order valence-corrected chi connectivity index (χ2v) is 7.81. The Morgan fingerprint density at radius 2 is 1.74 bits per heavy atom. The van der Waals surface area contributed by atoms with Gasteiger partial charge in [-0.2, -0.15) is 0 Å². The van der Waals surface area contributed by atoms with Gasteiger partial charge in [0.1, 0.15) is 5.75 Å². The third-order valence-electron chi connectivity index (χ3n) is 4.83. The smallest absolute Gasteiger partial charge is 1.00 e. The molecule has 0 aliphatic heterocycles. The van der Waals surface area contributed by atoms with Crippen molar-refractivity contribution in [2.45, 2.75) is 71.0 Å². The van der Waals surface area contributed by atoms with Crippen LogP contribution in [0.5, 0.6) is 5.75 Å². The third-order valence-corrected chi connectivity index (χ3v) is 5.08. The fourth-order valence-electron chi connectivity index (χ4n) is 3.27. The summed E-state index contributed by atoms with van der Waals surface area (Å²) in [6, 6.07) is 6.50. The molecular formula is C22H31ClNNaO6. The molecule has 1 aliphatic carbocycles. The van der Waals surface area contributed by atoms with Gasteiger partial charge in [-0.1, -0.05) is 37.8 Å². The molecule has 1 aliphatic rings. The normalized spacial score (nSPS) is 14.6. The van der Waals surface area contributed by atoms with Gasteiger partial charge in [0, 0.05) is 30.3 Å². The van der Waals surface area contributed by atoms with Crippen LogP contribution in [0.4, 0.5) is 4.79 Å². The van der Waals surface area contributed by atoms with Crippen molar-refractivity contribution in [1.82, 2.24) is 5.32 Å². The van der Waals surface area contributed by atoms with Gasteiger partial charge in [-0.05, 0) is 49.9 Å². The van der Waals surface area contributed by atoms with Crippen LogP contribution in [0.15, 0.2) is 24.3 Å². The molecule has 0 bridgehead atoms. The molecule has 1 amide bonds. The molecule has 0 radical (unpaired) electrons. The van der Waals surface area contributed by atoms with Crippen molar-refractivity contribution in [1.29, 1.82) is 0 Å². The monoisotopic (exact) mass is 463 g/mol. The van der Waals surface area contributed by atoms with E-state index in [-0.39, 0.29) is 55.8 Å². The van der Waals surface area contributed by atoms with Crippen LogP contribution in [0.25, 0.3) is 0 Å². The molecule has 1 atom stereocenters. The van der Waals surface area contributed by atoms with Gasteiger partial charge in [0.2, 0.25) is 0 Å². The summed E-state index contributed by atoms with van der Waals surface area (Å²) in [5.74, 6) is -0.312. The predicted octanol–water partition coefficient (Wildman–Crippen LogP) is 2.12. The summed E-state index contributed by atoms with van der Waals surface area (Å²) in [7, 11) is 0. The third kappa shape index (κ3) is 11.2. The Morgan fingerprint density at radius 1 is 1.06 bits per heavy atom. The summed E-state index contributed by atoms with van der Waals surface area (Å²) in [6.45, 7) is 2.14. The minimum absolute atomic E-state index is 0. The fourth-order valence-corrected chi connectivity index (χ4v) is 3.40. The van der Waals surface area contributed by atoms with Crippen molar-refractivity contribution >= 4 is 29.6 Å². The molecule has 168 valence electrons. The van der Waals surface area contributed by atoms with Gasteiger partial charge in [-0.25, -0.2) is 4.79 Å². The number of esters is 2. The maximum atomic E-state index is 12.1. The van der Waals surface area contributed by atoms with E-state index in [9.17, 15) is 14.4 Å². The van der Waals surface area contributed by atoms with E-state index in [1.54, 1.807) is 24.3 Å². The standard InChI is InChI=1S/C22H30ClNO6.Na.H/c1-2-7-19(25)29-21(16-8-4-3-5-9-16)30-22(27)24-15-6-10-20(26)28-18-13-11-17(23)12-14-18;;/h11-14,16,21H,2-10,15H2,1H3,(H,24,27);;/q;+1;-1. The number of amides is 1. The van der Waals surface area contributed by atoms with E-state index < -0.39 is 18.4 Å². The first-order chi connectivity index (χ1) is 14.5. The molecule has 1 saturated carbocycles. The van der Waals surface area contributed by atoms with Crippen molar-refractivity contribution in [3.8, 4) is 5.75 Å². The average molecular weight is 464 g/mol. The quantitative estimate of drug-likeness (QED) is 0.188. The summed E-state index contributed by atoms with van der Waals surface area (Å²) in [5, 5.41) is 3.17. The van der Waals surface area contributed by atoms with Crippen molar-refractivity contribution in [3.05, 3.63) is 29.3 Å². The van der Waals surface area contributed by atoms with Crippen LogP contribution in [0.2, 0.25) is 5.02 Å². The molecule has 1 N–H and O–H groups in total. The van der Waals surface area contributed by atoms with Gasteiger partial charge in [0.25, 0.3) is 6.29 Å². The molecule has 0 saturated heterocycles. The second-order valence-electron chi connectivity index (χ2n) is 7.37. The number of carbonyl (C=O) groups is 3. The zero-order chi connectivity index (χ0) is 21.8. The summed E-state index contributed by atoms with van der Waals surface area (Å²) >= 11 is 5.79. The minimum Gasteiger partial charge on any atom is -1.00 e. The molecule has 0 spiro atoms. The van der Waals surface area contributed by atoms with Gasteiger partial charge < -0.3 is 21.0 Å². The molecule has 1 aromatic carbocycles. The Hall–Kier alpha value is -1.28. The molecule has 7 nitrogen and oxygen atoms in total. The predicted molar refractivity (Wildman–Crippen MR) is 113 cm³/mol. The zero-order valence-corrected chi connectivity index (χ0v) is 21.1. The summed E-state index contributed by atoms with van der Waals surface area (Å²) in [4.78, 5) is 35.9. The molecule has 0 aromatic heterocycles. The van der Waals surface area contributed by atoms with Crippen LogP contribution in [-0.2, 0) is 19.1 Å². The minimum atomic E-state index is -0.862. The maximum absolute atomic E-state index is 12.1. The van der Waals surface area contributed by atoms with Gasteiger partial charge in [0.05, 0.1) is 0 Å². The Bertz CT molecular complexity index is 700. The number of benzene rings is 1. The summed E-state index contributed by atoms with van der Waals surface area (Å²) < 4.78 is 16.0. The molecule has 9 heteroatoms. The number of alkyl carbamates (subject to hydrolysis) is 1. The Morgan fingerprint density at radius 3 is 2.39 bits per heavy atom. The summed E-state index contributed by atoms with van der Waals surface area (Å²) in [6.07, 6.45) is 4.94. The number of carbonyl (C=O) groups excluding carboxylic acids is 3. The van der Waals surface area contributed by atoms with Gasteiger partial charge in [-0.15, -0.1) is 0 Å². The number of hydrogen-bond donors (Lipinski definition) is 1. The second kappa shape index (κ2) is 15.5. The van der Waals surface area contributed by atoms with Crippen molar-refractivity contribution in [2.75, 3.05) is 6.54 Å². The molecule has 31 heavy (non-hydrogen) atoms. The molecule has 1 aromatic rings. The van der Waals surface area contributed by atoms with Crippen LogP contribution in [0.1, 0.15) is 66.1 Å². The first-order valence-corrected chi connectivity index (χ1v) is 11.0. The van der Waals surface area contributed by atoms with E-state index in [1.807, 2.05) is 6.92 Å². The van der Waals surface area contributed by atoms with Crippen LogP contribution in [0, 0.1) is 5.92 Å². The molecule has 0 heterocycles. The number of ether oxygens (including phenoxy) is 3. The van der Waals surface area contributed by atoms with Crippen molar-refractivity contribution in [2.24, 2.45) is 5.92 Å². The number of hydrogen-bond acceptors (Lipinski definition) is 6. The van der Waals surface area contributed by atoms with Crippen LogP contribution >= 0.6 is 11.6 Å². The van der Waals surface area contributed by atoms with E-state index in [0.717, 1.165) is 32.1 Å². The van der Waals surface area contributed by atoms with E-state index in [2.05, 4.69) is 5.32 Å². The van der Waals surface area contributed by atoms with Gasteiger partial charge in [-0.3, -0.25) is 9.59 Å². The fraction of sp³-hybridized carbons (Fsp3) is 0.591. The van der Waals surface area contributed by atoms with E-state index in [1.165, 1.54) is 0 Å². The van der Waals surface area contributed by atoms with E-state index >= 15 is 0 Å². The summed E-state index contributed by atoms with van der Waals surface area (Å²) in [5.41, 5.74) is 0. The number of rotatable bonds is 10. The Balaban J connectivity index is 0.00000480. The largest absolute Gasteiger partial charge is 1.00 e. The molecule has 2 rings (SSSR count). The maximum Gasteiger partial charge on any atom is 1.00 e. The first kappa shape index (κ1) is 27.8. The topological polar surface area (TPSA) is 90.9 Å². The Labute approximate surface area is 212 Å². The van der Waals surface area contributed by atoms with Crippen LogP contribution in [0.3, 0.4) is 0 Å². The van der Waals surface area contributed by atoms with Crippen molar-refractivity contribution < 1.29 is 59.6 Å². The molecular weight excluding hydrogens is 433 g/mol.